The van der Waals surface area contributed by atoms with Gasteiger partial charge >= 0.3 is 5.97 Å². The van der Waals surface area contributed by atoms with Crippen LogP contribution < -0.4 is 10.1 Å². The number of hydrogen-bond donors (Lipinski definition) is 2. The number of benzene rings is 1. The molecule has 1 saturated heterocycles. The zero-order chi connectivity index (χ0) is 13.0. The lowest BCUT2D eigenvalue weighted by Crippen LogP contribution is -2.50. The van der Waals surface area contributed by atoms with E-state index in [0.717, 1.165) is 11.4 Å². The molecule has 0 bridgehead atoms. The molecular weight excluding hydrogens is 234 g/mol. The van der Waals surface area contributed by atoms with Gasteiger partial charge in [0.05, 0.1) is 7.11 Å². The average Bonchev–Trinajstić information content (AvgIpc) is 2.40. The van der Waals surface area contributed by atoms with E-state index in [2.05, 4.69) is 5.32 Å². The number of anilines is 1. The van der Waals surface area contributed by atoms with Gasteiger partial charge in [-0.1, -0.05) is 0 Å². The Labute approximate surface area is 106 Å². The molecule has 1 aromatic rings. The van der Waals surface area contributed by atoms with Crippen LogP contribution in [-0.4, -0.2) is 36.9 Å². The Morgan fingerprint density at radius 3 is 2.44 bits per heavy atom. The third-order valence-electron chi connectivity index (χ3n) is 3.23. The second-order valence-corrected chi connectivity index (χ2v) is 4.35. The number of rotatable bonds is 4. The summed E-state index contributed by atoms with van der Waals surface area (Å²) in [6.07, 6.45) is 0.933. The summed E-state index contributed by atoms with van der Waals surface area (Å²) >= 11 is 0. The molecule has 98 valence electrons. The van der Waals surface area contributed by atoms with Crippen LogP contribution in [0.4, 0.5) is 5.69 Å². The number of nitrogens with one attached hydrogen (secondary N) is 1. The molecule has 5 heteroatoms. The molecule has 0 aromatic heterocycles. The first-order valence-electron chi connectivity index (χ1n) is 5.90. The summed E-state index contributed by atoms with van der Waals surface area (Å²) in [4.78, 5) is 11.5. The van der Waals surface area contributed by atoms with Gasteiger partial charge in [0.25, 0.3) is 0 Å². The van der Waals surface area contributed by atoms with Crippen molar-refractivity contribution in [3.05, 3.63) is 24.3 Å². The number of carbonyl (C=O) groups is 1. The number of hydrogen-bond acceptors (Lipinski definition) is 4. The predicted molar refractivity (Wildman–Crippen MR) is 67.0 cm³/mol. The molecule has 1 heterocycles. The maximum atomic E-state index is 11.5. The van der Waals surface area contributed by atoms with E-state index < -0.39 is 11.5 Å². The predicted octanol–water partition coefficient (Wildman–Crippen LogP) is 1.74. The minimum Gasteiger partial charge on any atom is -0.497 e. The fourth-order valence-corrected chi connectivity index (χ4v) is 2.06. The smallest absolute Gasteiger partial charge is 0.329 e. The van der Waals surface area contributed by atoms with E-state index in [-0.39, 0.29) is 0 Å². The highest BCUT2D eigenvalue weighted by Gasteiger charge is 2.40. The van der Waals surface area contributed by atoms with Gasteiger partial charge in [0.2, 0.25) is 0 Å². The van der Waals surface area contributed by atoms with Crippen molar-refractivity contribution in [3.63, 3.8) is 0 Å². The highest BCUT2D eigenvalue weighted by atomic mass is 16.5. The molecule has 18 heavy (non-hydrogen) atoms. The molecule has 1 fully saturated rings. The summed E-state index contributed by atoms with van der Waals surface area (Å²) in [6.45, 7) is 0.935. The van der Waals surface area contributed by atoms with Crippen molar-refractivity contribution in [2.24, 2.45) is 0 Å². The molecule has 0 spiro atoms. The number of ether oxygens (including phenoxy) is 2. The Kier molecular flexibility index (Phi) is 3.72. The zero-order valence-electron chi connectivity index (χ0n) is 10.3. The molecule has 1 aromatic carbocycles. The first-order valence-corrected chi connectivity index (χ1v) is 5.90. The molecule has 0 unspecified atom stereocenters. The molecule has 0 atom stereocenters. The molecule has 2 N–H and O–H groups in total. The maximum absolute atomic E-state index is 11.5. The molecule has 0 saturated carbocycles. The standard InChI is InChI=1S/C13H17NO4/c1-17-11-4-2-10(3-5-11)14-13(12(15)16)6-8-18-9-7-13/h2-5,14H,6-9H2,1H3,(H,15,16). The zero-order valence-corrected chi connectivity index (χ0v) is 10.3. The van der Waals surface area contributed by atoms with Gasteiger partial charge in [-0.25, -0.2) is 4.79 Å². The van der Waals surface area contributed by atoms with E-state index in [4.69, 9.17) is 9.47 Å². The third-order valence-corrected chi connectivity index (χ3v) is 3.23. The first-order chi connectivity index (χ1) is 8.66. The van der Waals surface area contributed by atoms with Crippen LogP contribution >= 0.6 is 0 Å². The number of carboxylic acids is 1. The van der Waals surface area contributed by atoms with Crippen molar-refractivity contribution in [3.8, 4) is 5.75 Å². The van der Waals surface area contributed by atoms with Gasteiger partial charge in [0, 0.05) is 31.7 Å². The SMILES string of the molecule is COc1ccc(NC2(C(=O)O)CCOCC2)cc1. The van der Waals surface area contributed by atoms with E-state index in [1.807, 2.05) is 12.1 Å². The lowest BCUT2D eigenvalue weighted by Gasteiger charge is -2.34. The largest absolute Gasteiger partial charge is 0.497 e. The third kappa shape index (κ3) is 2.56. The van der Waals surface area contributed by atoms with Gasteiger partial charge in [-0.2, -0.15) is 0 Å². The summed E-state index contributed by atoms with van der Waals surface area (Å²) in [7, 11) is 1.60. The normalized spacial score (nSPS) is 18.1. The van der Waals surface area contributed by atoms with Gasteiger partial charge in [0.15, 0.2) is 0 Å². The van der Waals surface area contributed by atoms with Crippen molar-refractivity contribution >= 4 is 11.7 Å². The van der Waals surface area contributed by atoms with E-state index in [9.17, 15) is 9.90 Å². The monoisotopic (exact) mass is 251 g/mol. The fraction of sp³-hybridized carbons (Fsp3) is 0.462. The van der Waals surface area contributed by atoms with Crippen LogP contribution in [0.2, 0.25) is 0 Å². The lowest BCUT2D eigenvalue weighted by molar-refractivity contribution is -0.145. The van der Waals surface area contributed by atoms with Gasteiger partial charge in [-0.05, 0) is 24.3 Å². The minimum atomic E-state index is -0.924. The molecule has 0 aliphatic carbocycles. The Balaban J connectivity index is 2.15. The molecule has 0 amide bonds. The topological polar surface area (TPSA) is 67.8 Å². The van der Waals surface area contributed by atoms with Crippen LogP contribution in [0.3, 0.4) is 0 Å². The number of carboxylic acid groups (broad SMARTS) is 1. The Morgan fingerprint density at radius 2 is 1.94 bits per heavy atom. The molecule has 1 aliphatic rings. The maximum Gasteiger partial charge on any atom is 0.329 e. The van der Waals surface area contributed by atoms with Crippen molar-refractivity contribution in [1.29, 1.82) is 0 Å². The van der Waals surface area contributed by atoms with Gasteiger partial charge < -0.3 is 19.9 Å². The van der Waals surface area contributed by atoms with Crippen LogP contribution in [0, 0.1) is 0 Å². The van der Waals surface area contributed by atoms with Crippen molar-refractivity contribution < 1.29 is 19.4 Å². The summed E-state index contributed by atoms with van der Waals surface area (Å²) in [5.74, 6) is -0.0847. The van der Waals surface area contributed by atoms with E-state index >= 15 is 0 Å². The molecule has 5 nitrogen and oxygen atoms in total. The van der Waals surface area contributed by atoms with Crippen LogP contribution in [0.5, 0.6) is 5.75 Å². The summed E-state index contributed by atoms with van der Waals surface area (Å²) < 4.78 is 10.3. The Morgan fingerprint density at radius 1 is 1.33 bits per heavy atom. The van der Waals surface area contributed by atoms with E-state index in [0.29, 0.717) is 26.1 Å². The van der Waals surface area contributed by atoms with Crippen molar-refractivity contribution in [2.75, 3.05) is 25.6 Å². The van der Waals surface area contributed by atoms with Crippen LogP contribution in [-0.2, 0) is 9.53 Å². The fourth-order valence-electron chi connectivity index (χ4n) is 2.06. The van der Waals surface area contributed by atoms with Crippen LogP contribution in [0.15, 0.2) is 24.3 Å². The molecule has 0 radical (unpaired) electrons. The van der Waals surface area contributed by atoms with Crippen molar-refractivity contribution in [1.82, 2.24) is 0 Å². The molecule has 2 rings (SSSR count). The number of aliphatic carboxylic acids is 1. The van der Waals surface area contributed by atoms with Gasteiger partial charge in [-0.3, -0.25) is 0 Å². The summed E-state index contributed by atoms with van der Waals surface area (Å²) in [6, 6.07) is 7.24. The molecular formula is C13H17NO4. The van der Waals surface area contributed by atoms with Crippen molar-refractivity contribution in [2.45, 2.75) is 18.4 Å². The highest BCUT2D eigenvalue weighted by molar-refractivity contribution is 5.83. The molecule has 1 aliphatic heterocycles. The second-order valence-electron chi connectivity index (χ2n) is 4.35. The van der Waals surface area contributed by atoms with Crippen LogP contribution in [0.25, 0.3) is 0 Å². The summed E-state index contributed by atoms with van der Waals surface area (Å²) in [5, 5.41) is 12.5. The van der Waals surface area contributed by atoms with Crippen LogP contribution in [0.1, 0.15) is 12.8 Å². The average molecular weight is 251 g/mol. The Hall–Kier alpha value is -1.75. The quantitative estimate of drug-likeness (QED) is 0.853. The Bertz CT molecular complexity index is 410. The van der Waals surface area contributed by atoms with E-state index in [1.54, 1.807) is 19.2 Å². The minimum absolute atomic E-state index is 0.467. The second kappa shape index (κ2) is 5.27. The first kappa shape index (κ1) is 12.7. The number of methoxy groups -OCH3 is 1. The lowest BCUT2D eigenvalue weighted by atomic mass is 9.90. The summed E-state index contributed by atoms with van der Waals surface area (Å²) in [5.41, 5.74) is -0.146. The van der Waals surface area contributed by atoms with E-state index in [1.165, 1.54) is 0 Å². The van der Waals surface area contributed by atoms with Gasteiger partial charge in [-0.15, -0.1) is 0 Å². The van der Waals surface area contributed by atoms with Gasteiger partial charge in [0.1, 0.15) is 11.3 Å². The highest BCUT2D eigenvalue weighted by Crippen LogP contribution is 2.27.